The zero-order valence-corrected chi connectivity index (χ0v) is 11.7. The molecule has 1 atom stereocenters. The van der Waals surface area contributed by atoms with Gasteiger partial charge in [0, 0.05) is 6.07 Å². The van der Waals surface area contributed by atoms with Crippen LogP contribution in [-0.4, -0.2) is 5.11 Å². The standard InChI is InChI=1S/C15H14F2N2S/c1-10(11-5-3-2-4-6-11)18-15(20)19-14-9-12(16)7-8-13(14)17/h2-10H,1H3,(H2,18,19,20). The van der Waals surface area contributed by atoms with Crippen LogP contribution in [0.2, 0.25) is 0 Å². The van der Waals surface area contributed by atoms with Crippen LogP contribution in [0.4, 0.5) is 14.5 Å². The molecule has 0 aliphatic heterocycles. The molecule has 2 N–H and O–H groups in total. The van der Waals surface area contributed by atoms with Gasteiger partial charge in [-0.05, 0) is 36.8 Å². The third-order valence-electron chi connectivity index (χ3n) is 2.82. The molecule has 0 radical (unpaired) electrons. The van der Waals surface area contributed by atoms with Crippen molar-refractivity contribution in [2.75, 3.05) is 5.32 Å². The van der Waals surface area contributed by atoms with E-state index in [0.717, 1.165) is 23.8 Å². The molecule has 2 aromatic rings. The first kappa shape index (κ1) is 14.4. The van der Waals surface area contributed by atoms with Crippen molar-refractivity contribution < 1.29 is 8.78 Å². The lowest BCUT2D eigenvalue weighted by Crippen LogP contribution is -2.31. The summed E-state index contributed by atoms with van der Waals surface area (Å²) < 4.78 is 26.5. The fourth-order valence-corrected chi connectivity index (χ4v) is 2.06. The summed E-state index contributed by atoms with van der Waals surface area (Å²) in [6.45, 7) is 1.94. The van der Waals surface area contributed by atoms with Gasteiger partial charge in [0.1, 0.15) is 11.6 Å². The van der Waals surface area contributed by atoms with Crippen molar-refractivity contribution in [3.05, 3.63) is 65.7 Å². The molecule has 0 saturated carbocycles. The van der Waals surface area contributed by atoms with E-state index < -0.39 is 11.6 Å². The van der Waals surface area contributed by atoms with Crippen molar-refractivity contribution in [2.24, 2.45) is 0 Å². The Morgan fingerprint density at radius 3 is 2.50 bits per heavy atom. The van der Waals surface area contributed by atoms with E-state index in [2.05, 4.69) is 10.6 Å². The fourth-order valence-electron chi connectivity index (χ4n) is 1.77. The number of nitrogens with one attached hydrogen (secondary N) is 2. The van der Waals surface area contributed by atoms with E-state index in [0.29, 0.717) is 0 Å². The molecule has 0 aliphatic rings. The van der Waals surface area contributed by atoms with Gasteiger partial charge in [-0.1, -0.05) is 30.3 Å². The van der Waals surface area contributed by atoms with E-state index in [9.17, 15) is 8.78 Å². The van der Waals surface area contributed by atoms with E-state index in [1.165, 1.54) is 0 Å². The monoisotopic (exact) mass is 292 g/mol. The van der Waals surface area contributed by atoms with Crippen LogP contribution in [0.25, 0.3) is 0 Å². The summed E-state index contributed by atoms with van der Waals surface area (Å²) in [6, 6.07) is 12.8. The van der Waals surface area contributed by atoms with Gasteiger partial charge in [0.15, 0.2) is 5.11 Å². The topological polar surface area (TPSA) is 24.1 Å². The maximum Gasteiger partial charge on any atom is 0.171 e. The Morgan fingerprint density at radius 2 is 1.80 bits per heavy atom. The molecule has 2 rings (SSSR count). The van der Waals surface area contributed by atoms with Crippen molar-refractivity contribution in [3.63, 3.8) is 0 Å². The predicted molar refractivity (Wildman–Crippen MR) is 80.6 cm³/mol. The molecule has 0 amide bonds. The average molecular weight is 292 g/mol. The van der Waals surface area contributed by atoms with Crippen LogP contribution in [0.15, 0.2) is 48.5 Å². The van der Waals surface area contributed by atoms with Gasteiger partial charge in [-0.2, -0.15) is 0 Å². The fraction of sp³-hybridized carbons (Fsp3) is 0.133. The lowest BCUT2D eigenvalue weighted by molar-refractivity contribution is 0.603. The van der Waals surface area contributed by atoms with Crippen LogP contribution in [0.1, 0.15) is 18.5 Å². The minimum absolute atomic E-state index is 0.0164. The van der Waals surface area contributed by atoms with E-state index >= 15 is 0 Å². The highest BCUT2D eigenvalue weighted by Crippen LogP contribution is 2.16. The molecular weight excluding hydrogens is 278 g/mol. The molecule has 0 heterocycles. The van der Waals surface area contributed by atoms with Crippen molar-refractivity contribution in [1.82, 2.24) is 5.32 Å². The Labute approximate surface area is 121 Å². The Bertz CT molecular complexity index is 602. The van der Waals surface area contributed by atoms with E-state index in [-0.39, 0.29) is 16.8 Å². The van der Waals surface area contributed by atoms with Gasteiger partial charge in [0.25, 0.3) is 0 Å². The van der Waals surface area contributed by atoms with Gasteiger partial charge in [-0.3, -0.25) is 0 Å². The second kappa shape index (κ2) is 6.43. The average Bonchev–Trinajstić information content (AvgIpc) is 2.43. The third kappa shape index (κ3) is 3.74. The molecule has 0 saturated heterocycles. The zero-order chi connectivity index (χ0) is 14.5. The summed E-state index contributed by atoms with van der Waals surface area (Å²) >= 11 is 5.10. The lowest BCUT2D eigenvalue weighted by atomic mass is 10.1. The number of benzene rings is 2. The van der Waals surface area contributed by atoms with E-state index in [4.69, 9.17) is 12.2 Å². The van der Waals surface area contributed by atoms with E-state index in [1.54, 1.807) is 0 Å². The van der Waals surface area contributed by atoms with Gasteiger partial charge in [0.05, 0.1) is 11.7 Å². The quantitative estimate of drug-likeness (QED) is 0.836. The maximum atomic E-state index is 13.5. The van der Waals surface area contributed by atoms with Gasteiger partial charge in [0.2, 0.25) is 0 Å². The number of rotatable bonds is 3. The number of hydrogen-bond donors (Lipinski definition) is 2. The summed E-state index contributed by atoms with van der Waals surface area (Å²) in [5, 5.41) is 5.92. The van der Waals surface area contributed by atoms with Gasteiger partial charge < -0.3 is 10.6 Å². The largest absolute Gasteiger partial charge is 0.356 e. The summed E-state index contributed by atoms with van der Waals surface area (Å²) in [5.41, 5.74) is 1.07. The number of hydrogen-bond acceptors (Lipinski definition) is 1. The molecule has 0 aliphatic carbocycles. The highest BCUT2D eigenvalue weighted by atomic mass is 32.1. The molecule has 0 fully saturated rings. The maximum absolute atomic E-state index is 13.5. The highest BCUT2D eigenvalue weighted by molar-refractivity contribution is 7.80. The van der Waals surface area contributed by atoms with E-state index in [1.807, 2.05) is 37.3 Å². The van der Waals surface area contributed by atoms with Crippen molar-refractivity contribution >= 4 is 23.0 Å². The number of halogens is 2. The van der Waals surface area contributed by atoms with Crippen LogP contribution in [0.5, 0.6) is 0 Å². The van der Waals surface area contributed by atoms with Crippen LogP contribution in [0.3, 0.4) is 0 Å². The molecule has 104 valence electrons. The molecule has 1 unspecified atom stereocenters. The molecule has 2 nitrogen and oxygen atoms in total. The first-order valence-corrected chi connectivity index (χ1v) is 6.54. The molecule has 2 aromatic carbocycles. The summed E-state index contributed by atoms with van der Waals surface area (Å²) in [5.74, 6) is -1.07. The minimum Gasteiger partial charge on any atom is -0.356 e. The SMILES string of the molecule is CC(NC(=S)Nc1cc(F)ccc1F)c1ccccc1. The molecule has 20 heavy (non-hydrogen) atoms. The van der Waals surface area contributed by atoms with Gasteiger partial charge in [-0.25, -0.2) is 8.78 Å². The Morgan fingerprint density at radius 1 is 1.10 bits per heavy atom. The zero-order valence-electron chi connectivity index (χ0n) is 10.9. The predicted octanol–water partition coefficient (Wildman–Crippen LogP) is 4.01. The number of thiocarbonyl (C=S) groups is 1. The number of anilines is 1. The Balaban J connectivity index is 2.01. The lowest BCUT2D eigenvalue weighted by Gasteiger charge is -2.17. The summed E-state index contributed by atoms with van der Waals surface area (Å²) in [4.78, 5) is 0. The van der Waals surface area contributed by atoms with Crippen molar-refractivity contribution in [2.45, 2.75) is 13.0 Å². The molecule has 0 spiro atoms. The normalized spacial score (nSPS) is 11.8. The van der Waals surface area contributed by atoms with Crippen molar-refractivity contribution in [3.8, 4) is 0 Å². The summed E-state index contributed by atoms with van der Waals surface area (Å²) in [6.07, 6.45) is 0. The van der Waals surface area contributed by atoms with Crippen LogP contribution in [0, 0.1) is 11.6 Å². The van der Waals surface area contributed by atoms with Crippen LogP contribution >= 0.6 is 12.2 Å². The second-order valence-corrected chi connectivity index (χ2v) is 4.76. The minimum atomic E-state index is -0.553. The summed E-state index contributed by atoms with van der Waals surface area (Å²) in [7, 11) is 0. The molecule has 0 bridgehead atoms. The smallest absolute Gasteiger partial charge is 0.171 e. The second-order valence-electron chi connectivity index (χ2n) is 4.36. The molecule has 0 aromatic heterocycles. The Hall–Kier alpha value is -2.01. The van der Waals surface area contributed by atoms with Crippen LogP contribution < -0.4 is 10.6 Å². The first-order valence-electron chi connectivity index (χ1n) is 6.14. The first-order chi connectivity index (χ1) is 9.56. The third-order valence-corrected chi connectivity index (χ3v) is 3.04. The van der Waals surface area contributed by atoms with Crippen molar-refractivity contribution in [1.29, 1.82) is 0 Å². The molecule has 5 heteroatoms. The van der Waals surface area contributed by atoms with Gasteiger partial charge >= 0.3 is 0 Å². The molecular formula is C15H14F2N2S. The highest BCUT2D eigenvalue weighted by Gasteiger charge is 2.09. The van der Waals surface area contributed by atoms with Crippen LogP contribution in [-0.2, 0) is 0 Å². The Kier molecular flexibility index (Phi) is 4.63. The van der Waals surface area contributed by atoms with Gasteiger partial charge in [-0.15, -0.1) is 0 Å².